The Kier molecular flexibility index (Phi) is 4.39. The number of amides is 1. The van der Waals surface area contributed by atoms with Gasteiger partial charge in [0.15, 0.2) is 0 Å². The molecule has 3 atom stereocenters. The predicted octanol–water partition coefficient (Wildman–Crippen LogP) is 1.96. The van der Waals surface area contributed by atoms with Crippen LogP contribution in [0, 0.1) is 18.8 Å². The van der Waals surface area contributed by atoms with Crippen molar-refractivity contribution in [2.75, 3.05) is 19.6 Å². The highest BCUT2D eigenvalue weighted by Gasteiger charge is 2.42. The molecule has 2 saturated heterocycles. The average Bonchev–Trinajstić information content (AvgIpc) is 3.13. The molecule has 1 N–H and O–H groups in total. The highest BCUT2D eigenvalue weighted by Crippen LogP contribution is 2.34. The number of nitrogens with one attached hydrogen (secondary N) is 1. The first-order valence-corrected chi connectivity index (χ1v) is 9.62. The van der Waals surface area contributed by atoms with Crippen LogP contribution in [-0.2, 0) is 16.1 Å². The molecule has 4 rings (SSSR count). The van der Waals surface area contributed by atoms with Crippen molar-refractivity contribution in [1.29, 1.82) is 0 Å². The van der Waals surface area contributed by atoms with Crippen molar-refractivity contribution >= 4 is 17.2 Å². The van der Waals surface area contributed by atoms with Gasteiger partial charge in [-0.15, -0.1) is 11.3 Å². The number of likely N-dealkylation sites (tertiary alicyclic amines) is 1. The molecule has 0 unspecified atom stereocenters. The molecule has 0 aromatic carbocycles. The molecule has 3 heterocycles. The van der Waals surface area contributed by atoms with Gasteiger partial charge in [0.2, 0.25) is 5.91 Å². The number of piperidine rings is 1. The lowest BCUT2D eigenvalue weighted by Crippen LogP contribution is -2.42. The van der Waals surface area contributed by atoms with Crippen molar-refractivity contribution in [2.24, 2.45) is 11.8 Å². The molecule has 1 saturated carbocycles. The van der Waals surface area contributed by atoms with Crippen LogP contribution < -0.4 is 5.32 Å². The van der Waals surface area contributed by atoms with E-state index in [1.165, 1.54) is 12.8 Å². The third kappa shape index (κ3) is 3.75. The van der Waals surface area contributed by atoms with Crippen LogP contribution in [-0.4, -0.2) is 47.6 Å². The van der Waals surface area contributed by atoms with Gasteiger partial charge in [-0.3, -0.25) is 9.69 Å². The van der Waals surface area contributed by atoms with Gasteiger partial charge in [0.05, 0.1) is 16.8 Å². The van der Waals surface area contributed by atoms with Crippen LogP contribution >= 0.6 is 11.3 Å². The number of carbonyl (C=O) groups excluding carboxylic acids is 1. The zero-order valence-corrected chi connectivity index (χ0v) is 14.5. The van der Waals surface area contributed by atoms with Gasteiger partial charge in [0.1, 0.15) is 6.10 Å². The van der Waals surface area contributed by atoms with Crippen molar-refractivity contribution in [2.45, 2.75) is 51.4 Å². The number of carbonyl (C=O) groups is 1. The quantitative estimate of drug-likeness (QED) is 0.894. The third-order valence-electron chi connectivity index (χ3n) is 5.24. The summed E-state index contributed by atoms with van der Waals surface area (Å²) in [6.45, 7) is 5.79. The molecular weight excluding hydrogens is 310 g/mol. The molecule has 3 aliphatic rings. The van der Waals surface area contributed by atoms with Crippen LogP contribution in [0.3, 0.4) is 0 Å². The van der Waals surface area contributed by atoms with E-state index in [2.05, 4.69) is 20.6 Å². The van der Waals surface area contributed by atoms with E-state index in [1.807, 2.05) is 6.92 Å². The van der Waals surface area contributed by atoms with Gasteiger partial charge >= 0.3 is 0 Å². The molecule has 1 aromatic rings. The summed E-state index contributed by atoms with van der Waals surface area (Å²) in [6.07, 6.45) is 4.53. The Morgan fingerprint density at radius 1 is 1.48 bits per heavy atom. The molecule has 5 nitrogen and oxygen atoms in total. The maximum absolute atomic E-state index is 12.2. The molecule has 1 aromatic heterocycles. The first kappa shape index (κ1) is 15.5. The molecule has 1 aliphatic carbocycles. The van der Waals surface area contributed by atoms with Crippen molar-refractivity contribution in [1.82, 2.24) is 15.2 Å². The summed E-state index contributed by atoms with van der Waals surface area (Å²) in [5.41, 5.74) is 1.16. The minimum Gasteiger partial charge on any atom is -0.364 e. The summed E-state index contributed by atoms with van der Waals surface area (Å²) < 4.78 is 6.08. The second-order valence-corrected chi connectivity index (χ2v) is 8.29. The van der Waals surface area contributed by atoms with Crippen LogP contribution in [0.2, 0.25) is 0 Å². The smallest absolute Gasteiger partial charge is 0.249 e. The predicted molar refractivity (Wildman–Crippen MR) is 89.2 cm³/mol. The number of aromatic nitrogens is 1. The van der Waals surface area contributed by atoms with Crippen LogP contribution in [0.1, 0.15) is 36.4 Å². The Balaban J connectivity index is 1.28. The van der Waals surface area contributed by atoms with E-state index in [0.717, 1.165) is 55.6 Å². The number of aryl methyl sites for hydroxylation is 1. The minimum atomic E-state index is -0.231. The average molecular weight is 335 g/mol. The molecule has 1 amide bonds. The van der Waals surface area contributed by atoms with Gasteiger partial charge in [-0.25, -0.2) is 4.98 Å². The fraction of sp³-hybridized carbons (Fsp3) is 0.765. The van der Waals surface area contributed by atoms with Gasteiger partial charge in [-0.05, 0) is 51.0 Å². The van der Waals surface area contributed by atoms with Gasteiger partial charge in [-0.2, -0.15) is 0 Å². The number of nitrogens with zero attached hydrogens (tertiary/aromatic N) is 2. The summed E-state index contributed by atoms with van der Waals surface area (Å²) in [5, 5.41) is 6.33. The number of fused-ring (bicyclic) bond motifs is 1. The molecule has 6 heteroatoms. The third-order valence-corrected chi connectivity index (χ3v) is 6.06. The topological polar surface area (TPSA) is 54.5 Å². The van der Waals surface area contributed by atoms with E-state index < -0.39 is 0 Å². The zero-order chi connectivity index (χ0) is 15.8. The van der Waals surface area contributed by atoms with Crippen molar-refractivity contribution in [3.05, 3.63) is 16.1 Å². The summed E-state index contributed by atoms with van der Waals surface area (Å²) in [4.78, 5) is 19.2. The van der Waals surface area contributed by atoms with E-state index in [9.17, 15) is 4.79 Å². The fourth-order valence-corrected chi connectivity index (χ4v) is 4.30. The Bertz CT molecular complexity index is 572. The lowest BCUT2D eigenvalue weighted by atomic mass is 9.91. The van der Waals surface area contributed by atoms with Crippen LogP contribution in [0.4, 0.5) is 0 Å². The first-order valence-electron chi connectivity index (χ1n) is 8.74. The molecule has 126 valence electrons. The fourth-order valence-electron chi connectivity index (χ4n) is 3.70. The first-order chi connectivity index (χ1) is 11.2. The van der Waals surface area contributed by atoms with Crippen molar-refractivity contribution < 1.29 is 9.53 Å². The lowest BCUT2D eigenvalue weighted by Gasteiger charge is -2.33. The highest BCUT2D eigenvalue weighted by atomic mass is 32.1. The summed E-state index contributed by atoms with van der Waals surface area (Å²) in [7, 11) is 0. The molecule has 23 heavy (non-hydrogen) atoms. The standard InChI is InChI=1S/C17H25N3O2S/c1-11-19-14(10-23-11)8-20-5-4-13-6-15(22-16(13)9-20)17(21)18-7-12-2-3-12/h10,12-13,15-16H,2-9H2,1H3,(H,18,21)/t13-,15+,16+/m1/s1. The normalized spacial score (nSPS) is 31.1. The Labute approximate surface area is 141 Å². The van der Waals surface area contributed by atoms with E-state index in [1.54, 1.807) is 11.3 Å². The number of ether oxygens (including phenoxy) is 1. The van der Waals surface area contributed by atoms with Crippen LogP contribution in [0.25, 0.3) is 0 Å². The number of thiazole rings is 1. The van der Waals surface area contributed by atoms with Crippen molar-refractivity contribution in [3.63, 3.8) is 0 Å². The summed E-state index contributed by atoms with van der Waals surface area (Å²) >= 11 is 1.71. The van der Waals surface area contributed by atoms with E-state index in [-0.39, 0.29) is 18.1 Å². The van der Waals surface area contributed by atoms with E-state index >= 15 is 0 Å². The Hall–Kier alpha value is -0.980. The van der Waals surface area contributed by atoms with Crippen LogP contribution in [0.5, 0.6) is 0 Å². The molecule has 2 aliphatic heterocycles. The number of hydrogen-bond acceptors (Lipinski definition) is 5. The molecule has 0 spiro atoms. The number of rotatable bonds is 5. The van der Waals surface area contributed by atoms with Gasteiger partial charge in [0, 0.05) is 25.0 Å². The molecule has 0 bridgehead atoms. The molecular formula is C17H25N3O2S. The molecule has 0 radical (unpaired) electrons. The monoisotopic (exact) mass is 335 g/mol. The Morgan fingerprint density at radius 2 is 2.35 bits per heavy atom. The van der Waals surface area contributed by atoms with E-state index in [4.69, 9.17) is 4.74 Å². The van der Waals surface area contributed by atoms with Gasteiger partial charge in [-0.1, -0.05) is 0 Å². The SMILES string of the molecule is Cc1nc(CN2CC[C@@H]3C[C@@H](C(=O)NCC4CC4)O[C@H]3C2)cs1. The second kappa shape index (κ2) is 6.49. The van der Waals surface area contributed by atoms with Crippen molar-refractivity contribution in [3.8, 4) is 0 Å². The number of hydrogen-bond donors (Lipinski definition) is 1. The van der Waals surface area contributed by atoms with Gasteiger partial charge in [0.25, 0.3) is 0 Å². The van der Waals surface area contributed by atoms with Gasteiger partial charge < -0.3 is 10.1 Å². The highest BCUT2D eigenvalue weighted by molar-refractivity contribution is 7.09. The van der Waals surface area contributed by atoms with E-state index in [0.29, 0.717) is 5.92 Å². The maximum Gasteiger partial charge on any atom is 0.249 e. The molecule has 3 fully saturated rings. The Morgan fingerprint density at radius 3 is 3.09 bits per heavy atom. The minimum absolute atomic E-state index is 0.105. The summed E-state index contributed by atoms with van der Waals surface area (Å²) in [5.74, 6) is 1.37. The lowest BCUT2D eigenvalue weighted by molar-refractivity contribution is -0.132. The maximum atomic E-state index is 12.2. The summed E-state index contributed by atoms with van der Waals surface area (Å²) in [6, 6.07) is 0. The second-order valence-electron chi connectivity index (χ2n) is 7.23. The van der Waals surface area contributed by atoms with Crippen LogP contribution in [0.15, 0.2) is 5.38 Å². The largest absolute Gasteiger partial charge is 0.364 e. The zero-order valence-electron chi connectivity index (χ0n) is 13.7.